The molecule has 0 radical (unpaired) electrons. The lowest BCUT2D eigenvalue weighted by atomic mass is 10.1. The third-order valence-corrected chi connectivity index (χ3v) is 5.25. The second kappa shape index (κ2) is 11.0. The zero-order valence-electron chi connectivity index (χ0n) is 18.2. The molecule has 2 N–H and O–H groups in total. The van der Waals surface area contributed by atoms with Crippen LogP contribution >= 0.6 is 0 Å². The second-order valence-electron chi connectivity index (χ2n) is 7.38. The van der Waals surface area contributed by atoms with Crippen molar-refractivity contribution in [2.45, 2.75) is 0 Å². The zero-order valence-corrected chi connectivity index (χ0v) is 18.2. The third kappa shape index (κ3) is 6.50. The maximum Gasteiger partial charge on any atom is 0.313 e. The predicted molar refractivity (Wildman–Crippen MR) is 120 cm³/mol. The molecule has 174 valence electrons. The van der Waals surface area contributed by atoms with Gasteiger partial charge in [0.2, 0.25) is 0 Å². The topological polar surface area (TPSA) is 134 Å². The summed E-state index contributed by atoms with van der Waals surface area (Å²) < 4.78 is 5.05. The number of nitro groups is 1. The maximum absolute atomic E-state index is 12.6. The minimum Gasteiger partial charge on any atom is -0.497 e. The number of methoxy groups -OCH3 is 1. The number of nitrogens with one attached hydrogen (secondary N) is 2. The van der Waals surface area contributed by atoms with Crippen LogP contribution in [-0.4, -0.2) is 78.8 Å². The highest BCUT2D eigenvalue weighted by Crippen LogP contribution is 2.15. The summed E-state index contributed by atoms with van der Waals surface area (Å²) in [5, 5.41) is 15.9. The SMILES string of the molecule is COc1ccc(NC(=O)C(=O)NCCN2CCN(C(=O)c3ccc([N+](=O)[O-])cc3)CC2)cc1. The largest absolute Gasteiger partial charge is 0.497 e. The zero-order chi connectivity index (χ0) is 23.8. The van der Waals surface area contributed by atoms with Crippen LogP contribution in [0.15, 0.2) is 48.5 Å². The first-order valence-electron chi connectivity index (χ1n) is 10.4. The molecular weight excluding hydrogens is 430 g/mol. The standard InChI is InChI=1S/C22H25N5O6/c1-33-19-8-4-17(5-9-19)24-21(29)20(28)23-10-11-25-12-14-26(15-13-25)22(30)16-2-6-18(7-3-16)27(31)32/h2-9H,10-15H2,1H3,(H,23,28)(H,24,29). The summed E-state index contributed by atoms with van der Waals surface area (Å²) in [4.78, 5) is 50.6. The molecule has 1 aliphatic rings. The highest BCUT2D eigenvalue weighted by molar-refractivity contribution is 6.39. The van der Waals surface area contributed by atoms with Crippen LogP contribution in [0.2, 0.25) is 0 Å². The van der Waals surface area contributed by atoms with Gasteiger partial charge in [0.1, 0.15) is 5.75 Å². The van der Waals surface area contributed by atoms with Crippen molar-refractivity contribution in [2.24, 2.45) is 0 Å². The van der Waals surface area contributed by atoms with E-state index in [2.05, 4.69) is 15.5 Å². The van der Waals surface area contributed by atoms with E-state index >= 15 is 0 Å². The fourth-order valence-corrected chi connectivity index (χ4v) is 3.35. The van der Waals surface area contributed by atoms with E-state index < -0.39 is 16.7 Å². The van der Waals surface area contributed by atoms with E-state index in [1.807, 2.05) is 0 Å². The Morgan fingerprint density at radius 1 is 0.970 bits per heavy atom. The molecule has 0 saturated carbocycles. The first-order valence-corrected chi connectivity index (χ1v) is 10.4. The summed E-state index contributed by atoms with van der Waals surface area (Å²) in [6, 6.07) is 12.2. The molecule has 1 aliphatic heterocycles. The van der Waals surface area contributed by atoms with E-state index in [1.54, 1.807) is 29.2 Å². The Hall–Kier alpha value is -3.99. The number of non-ortho nitro benzene ring substituents is 1. The van der Waals surface area contributed by atoms with Crippen molar-refractivity contribution in [3.63, 3.8) is 0 Å². The highest BCUT2D eigenvalue weighted by Gasteiger charge is 2.23. The van der Waals surface area contributed by atoms with Crippen LogP contribution in [0.3, 0.4) is 0 Å². The van der Waals surface area contributed by atoms with Crippen LogP contribution in [0.4, 0.5) is 11.4 Å². The number of nitrogens with zero attached hydrogens (tertiary/aromatic N) is 3. The Bertz CT molecular complexity index is 1000. The van der Waals surface area contributed by atoms with Crippen molar-refractivity contribution in [1.29, 1.82) is 0 Å². The molecule has 2 aromatic rings. The molecule has 0 aromatic heterocycles. The lowest BCUT2D eigenvalue weighted by Crippen LogP contribution is -2.50. The van der Waals surface area contributed by atoms with Crippen LogP contribution < -0.4 is 15.4 Å². The second-order valence-corrected chi connectivity index (χ2v) is 7.38. The van der Waals surface area contributed by atoms with E-state index in [1.165, 1.54) is 31.4 Å². The van der Waals surface area contributed by atoms with Gasteiger partial charge in [-0.2, -0.15) is 0 Å². The normalized spacial score (nSPS) is 13.8. The van der Waals surface area contributed by atoms with Crippen molar-refractivity contribution in [2.75, 3.05) is 51.7 Å². The quantitative estimate of drug-likeness (QED) is 0.363. The van der Waals surface area contributed by atoms with E-state index in [0.717, 1.165) is 0 Å². The predicted octanol–water partition coefficient (Wildman–Crippen LogP) is 1.12. The molecular formula is C22H25N5O6. The number of piperazine rings is 1. The molecule has 0 spiro atoms. The Balaban J connectivity index is 1.37. The van der Waals surface area contributed by atoms with E-state index in [4.69, 9.17) is 4.74 Å². The van der Waals surface area contributed by atoms with Gasteiger partial charge in [-0.05, 0) is 36.4 Å². The molecule has 0 atom stereocenters. The molecule has 1 fully saturated rings. The van der Waals surface area contributed by atoms with Gasteiger partial charge in [0, 0.05) is 62.7 Å². The molecule has 0 bridgehead atoms. The van der Waals surface area contributed by atoms with Gasteiger partial charge < -0.3 is 20.3 Å². The lowest BCUT2D eigenvalue weighted by molar-refractivity contribution is -0.384. The van der Waals surface area contributed by atoms with E-state index in [-0.39, 0.29) is 11.6 Å². The van der Waals surface area contributed by atoms with Gasteiger partial charge in [0.15, 0.2) is 0 Å². The first-order chi connectivity index (χ1) is 15.9. The van der Waals surface area contributed by atoms with Gasteiger partial charge in [-0.15, -0.1) is 0 Å². The number of nitro benzene ring substituents is 1. The van der Waals surface area contributed by atoms with Crippen molar-refractivity contribution in [3.05, 3.63) is 64.2 Å². The molecule has 11 heteroatoms. The summed E-state index contributed by atoms with van der Waals surface area (Å²) in [5.41, 5.74) is 0.838. The summed E-state index contributed by atoms with van der Waals surface area (Å²) in [5.74, 6) is -1.00. The minimum atomic E-state index is -0.751. The average Bonchev–Trinajstić information content (AvgIpc) is 2.84. The van der Waals surface area contributed by atoms with E-state index in [9.17, 15) is 24.5 Å². The van der Waals surface area contributed by atoms with Crippen LogP contribution in [0.5, 0.6) is 5.75 Å². The Morgan fingerprint density at radius 3 is 2.18 bits per heavy atom. The highest BCUT2D eigenvalue weighted by atomic mass is 16.6. The number of benzene rings is 2. The minimum absolute atomic E-state index is 0.0592. The molecule has 0 aliphatic carbocycles. The summed E-state index contributed by atoms with van der Waals surface area (Å²) >= 11 is 0. The van der Waals surface area contributed by atoms with Gasteiger partial charge in [-0.25, -0.2) is 0 Å². The molecule has 0 unspecified atom stereocenters. The van der Waals surface area contributed by atoms with Gasteiger partial charge >= 0.3 is 11.8 Å². The van der Waals surface area contributed by atoms with E-state index in [0.29, 0.717) is 56.3 Å². The molecule has 3 rings (SSSR count). The van der Waals surface area contributed by atoms with Crippen LogP contribution in [0.1, 0.15) is 10.4 Å². The van der Waals surface area contributed by atoms with Crippen molar-refractivity contribution in [3.8, 4) is 5.75 Å². The number of anilines is 1. The maximum atomic E-state index is 12.6. The number of carbonyl (C=O) groups excluding carboxylic acids is 3. The number of hydrogen-bond donors (Lipinski definition) is 2. The van der Waals surface area contributed by atoms with Gasteiger partial charge in [0.05, 0.1) is 12.0 Å². The molecule has 1 saturated heterocycles. The Labute approximate surface area is 190 Å². The number of amides is 3. The van der Waals surface area contributed by atoms with Crippen LogP contribution in [-0.2, 0) is 9.59 Å². The van der Waals surface area contributed by atoms with Crippen molar-refractivity contribution in [1.82, 2.24) is 15.1 Å². The Kier molecular flexibility index (Phi) is 7.92. The summed E-state index contributed by atoms with van der Waals surface area (Å²) in [6.07, 6.45) is 0. The smallest absolute Gasteiger partial charge is 0.313 e. The number of rotatable bonds is 7. The van der Waals surface area contributed by atoms with Crippen LogP contribution in [0, 0.1) is 10.1 Å². The first kappa shape index (κ1) is 23.7. The van der Waals surface area contributed by atoms with Gasteiger partial charge in [-0.3, -0.25) is 29.4 Å². The van der Waals surface area contributed by atoms with Gasteiger partial charge in [0.25, 0.3) is 11.6 Å². The fraction of sp³-hybridized carbons (Fsp3) is 0.318. The number of hydrogen-bond acceptors (Lipinski definition) is 7. The van der Waals surface area contributed by atoms with Gasteiger partial charge in [-0.1, -0.05) is 0 Å². The molecule has 3 amide bonds. The molecule has 11 nitrogen and oxygen atoms in total. The summed E-state index contributed by atoms with van der Waals surface area (Å²) in [6.45, 7) is 3.08. The average molecular weight is 455 g/mol. The van der Waals surface area contributed by atoms with Crippen molar-refractivity contribution >= 4 is 29.1 Å². The summed E-state index contributed by atoms with van der Waals surface area (Å²) in [7, 11) is 1.54. The van der Waals surface area contributed by atoms with Crippen LogP contribution in [0.25, 0.3) is 0 Å². The Morgan fingerprint density at radius 2 is 1.61 bits per heavy atom. The van der Waals surface area contributed by atoms with Crippen molar-refractivity contribution < 1.29 is 24.0 Å². The monoisotopic (exact) mass is 455 g/mol. The molecule has 1 heterocycles. The number of carbonyl (C=O) groups is 3. The number of ether oxygens (including phenoxy) is 1. The molecule has 2 aromatic carbocycles. The fourth-order valence-electron chi connectivity index (χ4n) is 3.35. The molecule has 33 heavy (non-hydrogen) atoms. The third-order valence-electron chi connectivity index (χ3n) is 5.25. The lowest BCUT2D eigenvalue weighted by Gasteiger charge is -2.34.